The van der Waals surface area contributed by atoms with Gasteiger partial charge in [-0.1, -0.05) is 36.4 Å². The molecule has 25 heavy (non-hydrogen) atoms. The Hall–Kier alpha value is -2.37. The average Bonchev–Trinajstić information content (AvgIpc) is 2.62. The van der Waals surface area contributed by atoms with E-state index >= 15 is 0 Å². The fraction of sp³-hybridized carbons (Fsp3) is 0.350. The molecule has 1 fully saturated rings. The molecular weight excluding hydrogens is 312 g/mol. The molecule has 0 saturated carbocycles. The Morgan fingerprint density at radius 2 is 1.68 bits per heavy atom. The summed E-state index contributed by atoms with van der Waals surface area (Å²) in [7, 11) is 0. The molecule has 1 amide bonds. The first-order valence-electron chi connectivity index (χ1n) is 8.83. The summed E-state index contributed by atoms with van der Waals surface area (Å²) in [5.41, 5.74) is 8.51. The van der Waals surface area contributed by atoms with Gasteiger partial charge in [0.15, 0.2) is 0 Å². The molecule has 1 saturated heterocycles. The van der Waals surface area contributed by atoms with Crippen LogP contribution in [0.2, 0.25) is 0 Å². The second-order valence-corrected chi connectivity index (χ2v) is 6.53. The number of nitrogen functional groups attached to an aromatic ring is 1. The standard InChI is InChI=1S/C20H26N4O/c21-18-7-4-8-19(15-18)22-20(25)9-10-23-11-13-24(14-12-23)16-17-5-2-1-3-6-17/h1-8,15H,9-14,16,21H2,(H,22,25). The van der Waals surface area contributed by atoms with E-state index < -0.39 is 0 Å². The predicted octanol–water partition coefficient (Wildman–Crippen LogP) is 2.42. The minimum atomic E-state index is 0.0392. The highest BCUT2D eigenvalue weighted by atomic mass is 16.1. The van der Waals surface area contributed by atoms with Gasteiger partial charge in [0.05, 0.1) is 0 Å². The first-order chi connectivity index (χ1) is 12.2. The van der Waals surface area contributed by atoms with Gasteiger partial charge in [-0.3, -0.25) is 9.69 Å². The van der Waals surface area contributed by atoms with E-state index in [0.717, 1.165) is 45.0 Å². The van der Waals surface area contributed by atoms with Crippen LogP contribution in [-0.4, -0.2) is 48.4 Å². The lowest BCUT2D eigenvalue weighted by Gasteiger charge is -2.34. The Labute approximate surface area is 149 Å². The third kappa shape index (κ3) is 5.59. The van der Waals surface area contributed by atoms with Crippen molar-refractivity contribution in [2.24, 2.45) is 0 Å². The number of anilines is 2. The maximum atomic E-state index is 12.1. The van der Waals surface area contributed by atoms with Gasteiger partial charge >= 0.3 is 0 Å². The fourth-order valence-corrected chi connectivity index (χ4v) is 3.11. The number of nitrogens with two attached hydrogens (primary N) is 1. The van der Waals surface area contributed by atoms with E-state index in [1.165, 1.54) is 5.56 Å². The van der Waals surface area contributed by atoms with Gasteiger partial charge in [0.1, 0.15) is 0 Å². The third-order valence-electron chi connectivity index (χ3n) is 4.54. The van der Waals surface area contributed by atoms with Gasteiger partial charge in [0.25, 0.3) is 0 Å². The van der Waals surface area contributed by atoms with E-state index in [-0.39, 0.29) is 5.91 Å². The molecule has 0 bridgehead atoms. The summed E-state index contributed by atoms with van der Waals surface area (Å²) in [6, 6.07) is 17.9. The molecule has 3 N–H and O–H groups in total. The number of nitrogens with one attached hydrogen (secondary N) is 1. The molecule has 5 nitrogen and oxygen atoms in total. The molecule has 132 valence electrons. The molecule has 1 heterocycles. The molecule has 0 aliphatic carbocycles. The molecule has 0 atom stereocenters. The normalized spacial score (nSPS) is 15.8. The maximum absolute atomic E-state index is 12.1. The smallest absolute Gasteiger partial charge is 0.225 e. The Morgan fingerprint density at radius 1 is 0.960 bits per heavy atom. The van der Waals surface area contributed by atoms with Crippen molar-refractivity contribution in [3.05, 3.63) is 60.2 Å². The van der Waals surface area contributed by atoms with Gasteiger partial charge in [-0.25, -0.2) is 0 Å². The largest absolute Gasteiger partial charge is 0.399 e. The summed E-state index contributed by atoms with van der Waals surface area (Å²) in [5.74, 6) is 0.0392. The van der Waals surface area contributed by atoms with Gasteiger partial charge in [-0.05, 0) is 23.8 Å². The Bertz CT molecular complexity index is 681. The van der Waals surface area contributed by atoms with E-state index in [0.29, 0.717) is 12.1 Å². The zero-order valence-electron chi connectivity index (χ0n) is 14.5. The van der Waals surface area contributed by atoms with Crippen molar-refractivity contribution in [1.29, 1.82) is 0 Å². The van der Waals surface area contributed by atoms with E-state index in [1.807, 2.05) is 18.2 Å². The molecule has 0 radical (unpaired) electrons. The lowest BCUT2D eigenvalue weighted by Crippen LogP contribution is -2.46. The summed E-state index contributed by atoms with van der Waals surface area (Å²) in [6.07, 6.45) is 0.507. The second-order valence-electron chi connectivity index (χ2n) is 6.53. The number of hydrogen-bond donors (Lipinski definition) is 2. The molecular formula is C20H26N4O. The van der Waals surface area contributed by atoms with Crippen molar-refractivity contribution in [2.75, 3.05) is 43.8 Å². The number of nitrogens with zero attached hydrogens (tertiary/aromatic N) is 2. The Kier molecular flexibility index (Phi) is 6.04. The summed E-state index contributed by atoms with van der Waals surface area (Å²) in [6.45, 7) is 5.92. The highest BCUT2D eigenvalue weighted by Gasteiger charge is 2.17. The van der Waals surface area contributed by atoms with Crippen LogP contribution in [0.15, 0.2) is 54.6 Å². The third-order valence-corrected chi connectivity index (χ3v) is 4.54. The predicted molar refractivity (Wildman–Crippen MR) is 102 cm³/mol. The van der Waals surface area contributed by atoms with E-state index in [9.17, 15) is 4.79 Å². The van der Waals surface area contributed by atoms with Gasteiger partial charge in [-0.15, -0.1) is 0 Å². The quantitative estimate of drug-likeness (QED) is 0.794. The lowest BCUT2D eigenvalue weighted by molar-refractivity contribution is -0.116. The highest BCUT2D eigenvalue weighted by molar-refractivity contribution is 5.91. The van der Waals surface area contributed by atoms with Crippen molar-refractivity contribution in [2.45, 2.75) is 13.0 Å². The number of hydrogen-bond acceptors (Lipinski definition) is 4. The molecule has 0 aromatic heterocycles. The Morgan fingerprint density at radius 3 is 2.40 bits per heavy atom. The van der Waals surface area contributed by atoms with Crippen LogP contribution in [0.25, 0.3) is 0 Å². The van der Waals surface area contributed by atoms with Crippen LogP contribution >= 0.6 is 0 Å². The molecule has 2 aromatic rings. The molecule has 2 aromatic carbocycles. The number of piperazine rings is 1. The summed E-state index contributed by atoms with van der Waals surface area (Å²) in [4.78, 5) is 16.9. The fourth-order valence-electron chi connectivity index (χ4n) is 3.11. The zero-order valence-corrected chi connectivity index (χ0v) is 14.5. The monoisotopic (exact) mass is 338 g/mol. The number of amides is 1. The minimum Gasteiger partial charge on any atom is -0.399 e. The number of rotatable bonds is 6. The van der Waals surface area contributed by atoms with Crippen LogP contribution in [-0.2, 0) is 11.3 Å². The van der Waals surface area contributed by atoms with E-state index in [2.05, 4.69) is 45.4 Å². The number of benzene rings is 2. The highest BCUT2D eigenvalue weighted by Crippen LogP contribution is 2.12. The van der Waals surface area contributed by atoms with Crippen molar-refractivity contribution in [3.8, 4) is 0 Å². The molecule has 5 heteroatoms. The maximum Gasteiger partial charge on any atom is 0.225 e. The first kappa shape index (κ1) is 17.5. The van der Waals surface area contributed by atoms with Crippen LogP contribution in [0.1, 0.15) is 12.0 Å². The van der Waals surface area contributed by atoms with Gasteiger partial charge in [-0.2, -0.15) is 0 Å². The molecule has 1 aliphatic rings. The average molecular weight is 338 g/mol. The van der Waals surface area contributed by atoms with Crippen molar-refractivity contribution in [3.63, 3.8) is 0 Å². The summed E-state index contributed by atoms with van der Waals surface area (Å²) in [5, 5.41) is 2.91. The Balaban J connectivity index is 1.37. The second kappa shape index (κ2) is 8.65. The number of carbonyl (C=O) groups excluding carboxylic acids is 1. The summed E-state index contributed by atoms with van der Waals surface area (Å²) >= 11 is 0. The van der Waals surface area contributed by atoms with Crippen LogP contribution in [0.5, 0.6) is 0 Å². The zero-order chi connectivity index (χ0) is 17.5. The molecule has 0 unspecified atom stereocenters. The van der Waals surface area contributed by atoms with Gasteiger partial charge < -0.3 is 16.0 Å². The summed E-state index contributed by atoms with van der Waals surface area (Å²) < 4.78 is 0. The van der Waals surface area contributed by atoms with Crippen molar-refractivity contribution < 1.29 is 4.79 Å². The van der Waals surface area contributed by atoms with Crippen molar-refractivity contribution >= 4 is 17.3 Å². The van der Waals surface area contributed by atoms with Crippen LogP contribution in [0.3, 0.4) is 0 Å². The minimum absolute atomic E-state index is 0.0392. The first-order valence-corrected chi connectivity index (χ1v) is 8.83. The van der Waals surface area contributed by atoms with E-state index in [1.54, 1.807) is 6.07 Å². The number of carbonyl (C=O) groups is 1. The van der Waals surface area contributed by atoms with Gasteiger partial charge in [0, 0.05) is 57.1 Å². The molecule has 3 rings (SSSR count). The lowest BCUT2D eigenvalue weighted by atomic mass is 10.2. The SMILES string of the molecule is Nc1cccc(NC(=O)CCN2CCN(Cc3ccccc3)CC2)c1. The molecule has 0 spiro atoms. The van der Waals surface area contributed by atoms with Crippen LogP contribution < -0.4 is 11.1 Å². The van der Waals surface area contributed by atoms with Gasteiger partial charge in [0.2, 0.25) is 5.91 Å². The van der Waals surface area contributed by atoms with Crippen LogP contribution in [0.4, 0.5) is 11.4 Å². The topological polar surface area (TPSA) is 61.6 Å². The van der Waals surface area contributed by atoms with Crippen LogP contribution in [0, 0.1) is 0 Å². The van der Waals surface area contributed by atoms with Crippen molar-refractivity contribution in [1.82, 2.24) is 9.80 Å². The van der Waals surface area contributed by atoms with E-state index in [4.69, 9.17) is 5.73 Å². The molecule has 1 aliphatic heterocycles.